The molecule has 28 heavy (non-hydrogen) atoms. The number of hydrogen-bond donors (Lipinski definition) is 2. The van der Waals surface area contributed by atoms with Gasteiger partial charge in [0.1, 0.15) is 11.1 Å². The maximum atomic E-state index is 13.2. The largest absolute Gasteiger partial charge is 0.483 e. The van der Waals surface area contributed by atoms with Crippen LogP contribution in [0.3, 0.4) is 0 Å². The predicted molar refractivity (Wildman–Crippen MR) is 104 cm³/mol. The highest BCUT2D eigenvalue weighted by Gasteiger charge is 2.53. The van der Waals surface area contributed by atoms with E-state index in [9.17, 15) is 14.4 Å². The fourth-order valence-corrected chi connectivity index (χ4v) is 4.42. The minimum Gasteiger partial charge on any atom is -0.483 e. The molecule has 0 radical (unpaired) electrons. The Kier molecular flexibility index (Phi) is 6.64. The summed E-state index contributed by atoms with van der Waals surface area (Å²) in [6.45, 7) is 8.61. The van der Waals surface area contributed by atoms with Gasteiger partial charge in [0.15, 0.2) is 0 Å². The van der Waals surface area contributed by atoms with Gasteiger partial charge >= 0.3 is 0 Å². The Morgan fingerprint density at radius 2 is 1.79 bits per heavy atom. The van der Waals surface area contributed by atoms with E-state index in [-0.39, 0.29) is 35.5 Å². The van der Waals surface area contributed by atoms with E-state index in [0.29, 0.717) is 24.9 Å². The summed E-state index contributed by atoms with van der Waals surface area (Å²) in [5, 5.41) is 6.89. The van der Waals surface area contributed by atoms with Crippen LogP contribution < -0.4 is 5.56 Å². The van der Waals surface area contributed by atoms with Gasteiger partial charge in [-0.2, -0.15) is 0 Å². The molecule has 0 aliphatic carbocycles. The summed E-state index contributed by atoms with van der Waals surface area (Å²) < 4.78 is 0. The Morgan fingerprint density at radius 3 is 2.32 bits per heavy atom. The number of H-pyrrole nitrogens is 1. The predicted octanol–water partition coefficient (Wildman–Crippen LogP) is 1.70. The highest BCUT2D eigenvalue weighted by atomic mass is 16.3. The lowest BCUT2D eigenvalue weighted by molar-refractivity contribution is -0.147. The average Bonchev–Trinajstić information content (AvgIpc) is 3.01. The quantitative estimate of drug-likeness (QED) is 0.746. The molecular weight excluding hydrogens is 362 g/mol. The number of likely N-dealkylation sites (tertiary alicyclic amines) is 2. The molecular formula is C20H29N3O5. The number of carbonyl (C=O) groups is 3. The van der Waals surface area contributed by atoms with Crippen molar-refractivity contribution < 1.29 is 19.5 Å². The van der Waals surface area contributed by atoms with Crippen LogP contribution in [0.25, 0.3) is 0 Å². The number of piperidine rings is 1. The van der Waals surface area contributed by atoms with Crippen molar-refractivity contribution in [2.75, 3.05) is 13.1 Å². The van der Waals surface area contributed by atoms with Crippen molar-refractivity contribution in [3.63, 3.8) is 0 Å². The third-order valence-electron chi connectivity index (χ3n) is 5.58. The van der Waals surface area contributed by atoms with Crippen LogP contribution in [0.15, 0.2) is 10.9 Å². The van der Waals surface area contributed by atoms with Crippen molar-refractivity contribution in [3.05, 3.63) is 33.2 Å². The molecule has 3 rings (SSSR count). The maximum Gasteiger partial charge on any atom is 0.290 e. The highest BCUT2D eigenvalue weighted by Crippen LogP contribution is 2.39. The first kappa shape index (κ1) is 21.7. The molecule has 1 aromatic heterocycles. The Bertz CT molecular complexity index is 817. The summed E-state index contributed by atoms with van der Waals surface area (Å²) in [6.07, 6.45) is 3.05. The van der Waals surface area contributed by atoms with Gasteiger partial charge in [0, 0.05) is 24.8 Å². The molecule has 1 unspecified atom stereocenters. The SMILES string of the molecule is Cc1cc(C)c(C(=O)N2CCCC23CCCN(C(C)C)C3=O)c(=O)[nH]1.O=CO. The van der Waals surface area contributed by atoms with Gasteiger partial charge in [0.2, 0.25) is 5.91 Å². The molecule has 1 aromatic rings. The lowest BCUT2D eigenvalue weighted by atomic mass is 9.84. The van der Waals surface area contributed by atoms with Gasteiger partial charge in [-0.3, -0.25) is 19.2 Å². The first-order valence-electron chi connectivity index (χ1n) is 9.61. The third kappa shape index (κ3) is 3.81. The van der Waals surface area contributed by atoms with Crippen LogP contribution in [0, 0.1) is 13.8 Å². The Hall–Kier alpha value is -2.64. The maximum absolute atomic E-state index is 13.2. The number of nitrogens with one attached hydrogen (secondary N) is 1. The second-order valence-corrected chi connectivity index (χ2v) is 7.73. The van der Waals surface area contributed by atoms with E-state index in [2.05, 4.69) is 4.98 Å². The summed E-state index contributed by atoms with van der Waals surface area (Å²) in [5.41, 5.74) is 0.422. The molecule has 2 aliphatic rings. The van der Waals surface area contributed by atoms with Gasteiger partial charge in [-0.25, -0.2) is 0 Å². The van der Waals surface area contributed by atoms with Gasteiger partial charge < -0.3 is 19.9 Å². The number of nitrogens with zero attached hydrogens (tertiary/aromatic N) is 2. The summed E-state index contributed by atoms with van der Waals surface area (Å²) >= 11 is 0. The molecule has 2 N–H and O–H groups in total. The molecule has 3 heterocycles. The average molecular weight is 391 g/mol. The molecule has 0 bridgehead atoms. The molecule has 2 aliphatic heterocycles. The number of carboxylic acid groups (broad SMARTS) is 1. The Labute approximate surface area is 164 Å². The summed E-state index contributed by atoms with van der Waals surface area (Å²) in [7, 11) is 0. The lowest BCUT2D eigenvalue weighted by Gasteiger charge is -2.46. The van der Waals surface area contributed by atoms with Crippen LogP contribution in [0.5, 0.6) is 0 Å². The minimum absolute atomic E-state index is 0.0424. The Balaban J connectivity index is 0.000000878. The van der Waals surface area contributed by atoms with Crippen LogP contribution in [0.2, 0.25) is 0 Å². The van der Waals surface area contributed by atoms with E-state index in [4.69, 9.17) is 9.90 Å². The van der Waals surface area contributed by atoms with Crippen molar-refractivity contribution in [2.45, 2.75) is 65.0 Å². The number of rotatable bonds is 2. The first-order valence-corrected chi connectivity index (χ1v) is 9.61. The first-order chi connectivity index (χ1) is 13.2. The molecule has 154 valence electrons. The van der Waals surface area contributed by atoms with Gasteiger partial charge in [0.05, 0.1) is 0 Å². The van der Waals surface area contributed by atoms with Crippen molar-refractivity contribution in [2.24, 2.45) is 0 Å². The number of aromatic amines is 1. The van der Waals surface area contributed by atoms with Crippen molar-refractivity contribution in [1.82, 2.24) is 14.8 Å². The van der Waals surface area contributed by atoms with E-state index in [1.54, 1.807) is 24.8 Å². The molecule has 2 saturated heterocycles. The molecule has 8 heteroatoms. The molecule has 1 atom stereocenters. The van der Waals surface area contributed by atoms with Crippen LogP contribution in [-0.2, 0) is 9.59 Å². The number of carbonyl (C=O) groups excluding carboxylic acids is 2. The van der Waals surface area contributed by atoms with Gasteiger partial charge in [-0.15, -0.1) is 0 Å². The second kappa shape index (κ2) is 8.58. The fraction of sp³-hybridized carbons (Fsp3) is 0.600. The molecule has 2 fully saturated rings. The topological polar surface area (TPSA) is 111 Å². The van der Waals surface area contributed by atoms with E-state index in [0.717, 1.165) is 25.1 Å². The monoisotopic (exact) mass is 391 g/mol. The Morgan fingerprint density at radius 1 is 1.21 bits per heavy atom. The highest BCUT2D eigenvalue weighted by molar-refractivity contribution is 6.00. The summed E-state index contributed by atoms with van der Waals surface area (Å²) in [5.74, 6) is -0.268. The molecule has 0 aromatic carbocycles. The molecule has 8 nitrogen and oxygen atoms in total. The molecule has 1 spiro atoms. The third-order valence-corrected chi connectivity index (χ3v) is 5.58. The van der Waals surface area contributed by atoms with E-state index >= 15 is 0 Å². The van der Waals surface area contributed by atoms with Crippen molar-refractivity contribution >= 4 is 18.3 Å². The number of amides is 2. The van der Waals surface area contributed by atoms with Crippen LogP contribution in [0.1, 0.15) is 61.1 Å². The minimum atomic E-state index is -0.774. The van der Waals surface area contributed by atoms with Crippen LogP contribution >= 0.6 is 0 Å². The zero-order valence-electron chi connectivity index (χ0n) is 16.9. The van der Waals surface area contributed by atoms with Crippen molar-refractivity contribution in [1.29, 1.82) is 0 Å². The smallest absolute Gasteiger partial charge is 0.290 e. The van der Waals surface area contributed by atoms with E-state index in [1.807, 2.05) is 18.7 Å². The van der Waals surface area contributed by atoms with E-state index in [1.165, 1.54) is 0 Å². The van der Waals surface area contributed by atoms with Gasteiger partial charge in [0.25, 0.3) is 17.9 Å². The zero-order valence-corrected chi connectivity index (χ0v) is 16.9. The second-order valence-electron chi connectivity index (χ2n) is 7.73. The fourth-order valence-electron chi connectivity index (χ4n) is 4.42. The number of hydrogen-bond acceptors (Lipinski definition) is 4. The molecule has 2 amide bonds. The summed E-state index contributed by atoms with van der Waals surface area (Å²) in [4.78, 5) is 53.5. The molecule has 0 saturated carbocycles. The van der Waals surface area contributed by atoms with E-state index < -0.39 is 5.54 Å². The number of pyridine rings is 1. The van der Waals surface area contributed by atoms with Crippen LogP contribution in [0.4, 0.5) is 0 Å². The summed E-state index contributed by atoms with van der Waals surface area (Å²) in [6, 6.07) is 1.92. The van der Waals surface area contributed by atoms with Gasteiger partial charge in [-0.05, 0) is 65.0 Å². The normalized spacial score (nSPS) is 21.7. The van der Waals surface area contributed by atoms with Gasteiger partial charge in [-0.1, -0.05) is 0 Å². The van der Waals surface area contributed by atoms with Crippen LogP contribution in [-0.4, -0.2) is 62.8 Å². The number of aromatic nitrogens is 1. The standard InChI is InChI=1S/C19H27N3O3.CH2O2/c1-12(2)21-9-5-7-19(18(21)25)8-6-10-22(19)17(24)15-13(3)11-14(4)20-16(15)23;2-1-3/h11-12H,5-10H2,1-4H3,(H,20,23);1H,(H,2,3). The number of aryl methyl sites for hydroxylation is 2. The lowest BCUT2D eigenvalue weighted by Crippen LogP contribution is -2.62. The zero-order chi connectivity index (χ0) is 21.1. The van der Waals surface area contributed by atoms with Crippen molar-refractivity contribution in [3.8, 4) is 0 Å².